The van der Waals surface area contributed by atoms with E-state index in [1.165, 1.54) is 83.5 Å². The molecular weight excluding hydrogens is 256 g/mol. The minimum atomic E-state index is 0.553. The van der Waals surface area contributed by atoms with E-state index in [0.717, 1.165) is 6.42 Å². The molecule has 0 aromatic rings. The number of unbranched alkanes of at least 4 members (excludes halogenated alkanes) is 10. The molecule has 1 aliphatic rings. The van der Waals surface area contributed by atoms with E-state index in [1.54, 1.807) is 0 Å². The quantitative estimate of drug-likeness (QED) is 0.183. The van der Waals surface area contributed by atoms with Gasteiger partial charge in [-0.05, 0) is 25.7 Å². The molecule has 2 atom stereocenters. The van der Waals surface area contributed by atoms with Gasteiger partial charge in [-0.25, -0.2) is 0 Å². The first-order valence-electron chi connectivity index (χ1n) is 9.69. The van der Waals surface area contributed by atoms with Crippen molar-refractivity contribution in [1.82, 2.24) is 0 Å². The highest BCUT2D eigenvalue weighted by Crippen LogP contribution is 2.30. The highest BCUT2D eigenvalue weighted by Gasteiger charge is 2.36. The zero-order valence-corrected chi connectivity index (χ0v) is 14.6. The molecule has 0 amide bonds. The smallest absolute Gasteiger partial charge is 0.0876 e. The van der Waals surface area contributed by atoms with Gasteiger partial charge in [0.05, 0.1) is 12.2 Å². The molecule has 1 heteroatoms. The average Bonchev–Trinajstić information content (AvgIpc) is 3.24. The van der Waals surface area contributed by atoms with Crippen LogP contribution in [0.4, 0.5) is 0 Å². The molecule has 124 valence electrons. The molecule has 1 nitrogen and oxygen atoms in total. The fourth-order valence-corrected chi connectivity index (χ4v) is 2.98. The van der Waals surface area contributed by atoms with E-state index in [-0.39, 0.29) is 0 Å². The molecule has 0 unspecified atom stereocenters. The molecule has 0 bridgehead atoms. The van der Waals surface area contributed by atoms with E-state index in [1.807, 2.05) is 0 Å². The van der Waals surface area contributed by atoms with Crippen LogP contribution in [0.5, 0.6) is 0 Å². The van der Waals surface area contributed by atoms with Crippen LogP contribution >= 0.6 is 0 Å². The third kappa shape index (κ3) is 11.0. The molecule has 0 aromatic heterocycles. The van der Waals surface area contributed by atoms with Gasteiger partial charge in [-0.2, -0.15) is 0 Å². The van der Waals surface area contributed by atoms with Crippen molar-refractivity contribution in [3.63, 3.8) is 0 Å². The summed E-state index contributed by atoms with van der Waals surface area (Å²) in [6.07, 6.45) is 24.9. The van der Waals surface area contributed by atoms with Crippen molar-refractivity contribution < 1.29 is 4.74 Å². The standard InChI is InChI=1S/C20H38O/c1-3-5-7-9-11-12-14-16-18-20-19(21-20)17-15-13-10-8-6-4-2/h13,15,19-20H,3-12,14,16-18H2,1-2H3/b15-13-/t19-,20+/m0/s1. The lowest BCUT2D eigenvalue weighted by molar-refractivity contribution is 0.358. The van der Waals surface area contributed by atoms with Crippen LogP contribution < -0.4 is 0 Å². The molecule has 0 saturated carbocycles. The van der Waals surface area contributed by atoms with Gasteiger partial charge in [0, 0.05) is 0 Å². The Morgan fingerprint density at radius 3 is 2.00 bits per heavy atom. The summed E-state index contributed by atoms with van der Waals surface area (Å²) in [7, 11) is 0. The van der Waals surface area contributed by atoms with Crippen molar-refractivity contribution in [1.29, 1.82) is 0 Å². The summed E-state index contributed by atoms with van der Waals surface area (Å²) in [5, 5.41) is 0. The largest absolute Gasteiger partial charge is 0.369 e. The van der Waals surface area contributed by atoms with Gasteiger partial charge in [0.1, 0.15) is 0 Å². The van der Waals surface area contributed by atoms with Crippen molar-refractivity contribution in [3.05, 3.63) is 12.2 Å². The summed E-state index contributed by atoms with van der Waals surface area (Å²) in [5.41, 5.74) is 0. The third-order valence-corrected chi connectivity index (χ3v) is 4.54. The van der Waals surface area contributed by atoms with E-state index in [0.29, 0.717) is 12.2 Å². The highest BCUT2D eigenvalue weighted by molar-refractivity contribution is 4.93. The Kier molecular flexibility index (Phi) is 11.9. The molecule has 0 spiro atoms. The number of hydrogen-bond donors (Lipinski definition) is 0. The van der Waals surface area contributed by atoms with Crippen molar-refractivity contribution >= 4 is 0 Å². The average molecular weight is 295 g/mol. The van der Waals surface area contributed by atoms with Crippen LogP contribution in [-0.4, -0.2) is 12.2 Å². The van der Waals surface area contributed by atoms with Crippen LogP contribution in [0.25, 0.3) is 0 Å². The monoisotopic (exact) mass is 294 g/mol. The number of ether oxygens (including phenoxy) is 1. The molecule has 1 aliphatic heterocycles. The molecule has 0 N–H and O–H groups in total. The van der Waals surface area contributed by atoms with Gasteiger partial charge in [0.2, 0.25) is 0 Å². The number of rotatable bonds is 15. The Morgan fingerprint density at radius 2 is 1.29 bits per heavy atom. The Hall–Kier alpha value is -0.300. The summed E-state index contributed by atoms with van der Waals surface area (Å²) in [6.45, 7) is 4.55. The fourth-order valence-electron chi connectivity index (χ4n) is 2.98. The van der Waals surface area contributed by atoms with Gasteiger partial charge < -0.3 is 4.74 Å². The zero-order chi connectivity index (χ0) is 15.2. The lowest BCUT2D eigenvalue weighted by atomic mass is 10.1. The van der Waals surface area contributed by atoms with Crippen LogP contribution in [0.3, 0.4) is 0 Å². The summed E-state index contributed by atoms with van der Waals surface area (Å²) >= 11 is 0. The maximum atomic E-state index is 5.75. The van der Waals surface area contributed by atoms with Crippen LogP contribution in [0, 0.1) is 0 Å². The Balaban J connectivity index is 1.80. The molecule has 0 aliphatic carbocycles. The van der Waals surface area contributed by atoms with Crippen LogP contribution in [-0.2, 0) is 4.74 Å². The normalized spacial score (nSPS) is 21.2. The number of allylic oxidation sites excluding steroid dienone is 1. The number of hydrogen-bond acceptors (Lipinski definition) is 1. The first-order chi connectivity index (χ1) is 10.4. The van der Waals surface area contributed by atoms with E-state index >= 15 is 0 Å². The van der Waals surface area contributed by atoms with Crippen LogP contribution in [0.2, 0.25) is 0 Å². The predicted octanol–water partition coefficient (Wildman–Crippen LogP) is 6.81. The molecular formula is C20H38O. The topological polar surface area (TPSA) is 12.5 Å². The summed E-state index contributed by atoms with van der Waals surface area (Å²) in [5.74, 6) is 0. The molecule has 0 aromatic carbocycles. The van der Waals surface area contributed by atoms with Gasteiger partial charge in [0.15, 0.2) is 0 Å². The molecule has 21 heavy (non-hydrogen) atoms. The lowest BCUT2D eigenvalue weighted by Crippen LogP contribution is -1.93. The summed E-state index contributed by atoms with van der Waals surface area (Å²) in [6, 6.07) is 0. The van der Waals surface area contributed by atoms with Crippen molar-refractivity contribution in [3.8, 4) is 0 Å². The Morgan fingerprint density at radius 1 is 0.667 bits per heavy atom. The first-order valence-corrected chi connectivity index (χ1v) is 9.69. The van der Waals surface area contributed by atoms with E-state index < -0.39 is 0 Å². The lowest BCUT2D eigenvalue weighted by Gasteiger charge is -2.00. The van der Waals surface area contributed by atoms with Gasteiger partial charge >= 0.3 is 0 Å². The van der Waals surface area contributed by atoms with Gasteiger partial charge in [-0.3, -0.25) is 0 Å². The SMILES string of the molecule is CCCCC/C=C\C[C@@H]1O[C@@H]1CCCCCCCCCC. The predicted molar refractivity (Wildman–Crippen MR) is 93.8 cm³/mol. The number of epoxide rings is 1. The second-order valence-electron chi connectivity index (χ2n) is 6.68. The minimum Gasteiger partial charge on any atom is -0.369 e. The van der Waals surface area contributed by atoms with Crippen molar-refractivity contribution in [2.24, 2.45) is 0 Å². The highest BCUT2D eigenvalue weighted by atomic mass is 16.6. The molecule has 1 rings (SSSR count). The third-order valence-electron chi connectivity index (χ3n) is 4.54. The Labute approximate surface area is 133 Å². The van der Waals surface area contributed by atoms with Crippen LogP contribution in [0.1, 0.15) is 104 Å². The minimum absolute atomic E-state index is 0.553. The fraction of sp³-hybridized carbons (Fsp3) is 0.900. The van der Waals surface area contributed by atoms with E-state index in [4.69, 9.17) is 4.74 Å². The molecule has 1 saturated heterocycles. The van der Waals surface area contributed by atoms with Crippen molar-refractivity contribution in [2.45, 2.75) is 116 Å². The molecule has 1 fully saturated rings. The van der Waals surface area contributed by atoms with Gasteiger partial charge in [-0.1, -0.05) is 90.2 Å². The van der Waals surface area contributed by atoms with E-state index in [2.05, 4.69) is 26.0 Å². The zero-order valence-electron chi connectivity index (χ0n) is 14.6. The van der Waals surface area contributed by atoms with Crippen LogP contribution in [0.15, 0.2) is 12.2 Å². The van der Waals surface area contributed by atoms with Crippen molar-refractivity contribution in [2.75, 3.05) is 0 Å². The van der Waals surface area contributed by atoms with Gasteiger partial charge in [0.25, 0.3) is 0 Å². The Bertz CT molecular complexity index is 246. The molecule has 1 heterocycles. The van der Waals surface area contributed by atoms with Gasteiger partial charge in [-0.15, -0.1) is 0 Å². The summed E-state index contributed by atoms with van der Waals surface area (Å²) < 4.78 is 5.75. The summed E-state index contributed by atoms with van der Waals surface area (Å²) in [4.78, 5) is 0. The second-order valence-corrected chi connectivity index (χ2v) is 6.68. The first kappa shape index (κ1) is 18.7. The molecule has 0 radical (unpaired) electrons. The second kappa shape index (κ2) is 13.4. The van der Waals surface area contributed by atoms with E-state index in [9.17, 15) is 0 Å². The maximum Gasteiger partial charge on any atom is 0.0876 e. The maximum absolute atomic E-state index is 5.75.